The maximum Gasteiger partial charge on any atom is 0.421 e. The molecule has 2 atom stereocenters. The number of carbonyl (C=O) groups is 1. The minimum atomic E-state index is -4.78. The first-order valence-electron chi connectivity index (χ1n) is 12.8. The van der Waals surface area contributed by atoms with E-state index in [1.165, 1.54) is 12.1 Å². The third-order valence-electron chi connectivity index (χ3n) is 7.44. The minimum Gasteiger partial charge on any atom is -0.433 e. The normalized spacial score (nSPS) is 18.6. The van der Waals surface area contributed by atoms with Gasteiger partial charge in [0.25, 0.3) is 0 Å². The molecule has 0 aliphatic carbocycles. The van der Waals surface area contributed by atoms with Crippen LogP contribution in [0.4, 0.5) is 50.8 Å². The van der Waals surface area contributed by atoms with Crippen molar-refractivity contribution in [3.05, 3.63) is 59.3 Å². The van der Waals surface area contributed by atoms with Gasteiger partial charge in [0, 0.05) is 55.4 Å². The van der Waals surface area contributed by atoms with E-state index < -0.39 is 24.2 Å². The SMILES string of the molecule is Cc1c(CNC=O)cccc1Nc1nc(Nc2ccc(N3CC4CC3CN4C)cc2OC(F)F)ncc1C(F)(F)F. The van der Waals surface area contributed by atoms with Gasteiger partial charge in [-0.2, -0.15) is 26.9 Å². The molecule has 0 radical (unpaired) electrons. The Morgan fingerprint density at radius 2 is 1.93 bits per heavy atom. The molecule has 2 aromatic carbocycles. The number of nitrogens with zero attached hydrogens (tertiary/aromatic N) is 4. The number of nitrogens with one attached hydrogen (secondary N) is 3. The van der Waals surface area contributed by atoms with Crippen LogP contribution in [0.2, 0.25) is 0 Å². The van der Waals surface area contributed by atoms with Crippen molar-refractivity contribution < 1.29 is 31.5 Å². The first-order valence-corrected chi connectivity index (χ1v) is 12.8. The largest absolute Gasteiger partial charge is 0.433 e. The minimum absolute atomic E-state index is 0.0688. The number of likely N-dealkylation sites (N-methyl/N-ethyl adjacent to an activating group) is 1. The van der Waals surface area contributed by atoms with Crippen molar-refractivity contribution in [2.45, 2.75) is 44.8 Å². The number of hydrogen-bond donors (Lipinski definition) is 3. The number of carbonyl (C=O) groups excluding carboxylic acids is 1. The summed E-state index contributed by atoms with van der Waals surface area (Å²) >= 11 is 0. The lowest BCUT2D eigenvalue weighted by Gasteiger charge is -2.34. The van der Waals surface area contributed by atoms with E-state index in [1.807, 2.05) is 0 Å². The molecule has 3 N–H and O–H groups in total. The van der Waals surface area contributed by atoms with Gasteiger partial charge < -0.3 is 25.6 Å². The lowest BCUT2D eigenvalue weighted by Crippen LogP contribution is -2.44. The van der Waals surface area contributed by atoms with E-state index in [0.29, 0.717) is 41.2 Å². The topological polar surface area (TPSA) is 94.6 Å². The average Bonchev–Trinajstić information content (AvgIpc) is 3.49. The Labute approximate surface area is 232 Å². The van der Waals surface area contributed by atoms with Crippen LogP contribution in [-0.4, -0.2) is 60.1 Å². The molecule has 2 fully saturated rings. The van der Waals surface area contributed by atoms with Crippen molar-refractivity contribution in [3.63, 3.8) is 0 Å². The number of ether oxygens (including phenoxy) is 1. The zero-order chi connectivity index (χ0) is 29.3. The van der Waals surface area contributed by atoms with E-state index >= 15 is 0 Å². The second-order valence-corrected chi connectivity index (χ2v) is 9.99. The number of anilines is 5. The van der Waals surface area contributed by atoms with Crippen LogP contribution in [0, 0.1) is 6.92 Å². The van der Waals surface area contributed by atoms with Crippen LogP contribution in [0.3, 0.4) is 0 Å². The number of amides is 1. The molecule has 2 aliphatic rings. The molecule has 218 valence electrons. The van der Waals surface area contributed by atoms with Gasteiger partial charge in [-0.1, -0.05) is 12.1 Å². The van der Waals surface area contributed by atoms with Crippen LogP contribution < -0.4 is 25.6 Å². The zero-order valence-corrected chi connectivity index (χ0v) is 22.2. The second-order valence-electron chi connectivity index (χ2n) is 9.99. The van der Waals surface area contributed by atoms with Crippen molar-refractivity contribution in [2.24, 2.45) is 0 Å². The standard InChI is InChI=1S/C27H28F5N7O2/c1-15-16(10-33-14-40)4-3-5-21(15)35-24-20(27(30,31)32)11-34-26(37-24)36-22-7-6-17(9-23(22)41-25(28)29)39-13-18-8-19(39)12-38(18)2/h3-7,9,11,14,18-19,25H,8,10,12-13H2,1-2H3,(H,33,40)(H2,34,35,36,37). The maximum absolute atomic E-state index is 13.8. The monoisotopic (exact) mass is 577 g/mol. The van der Waals surface area contributed by atoms with E-state index in [2.05, 4.69) is 42.8 Å². The highest BCUT2D eigenvalue weighted by Crippen LogP contribution is 2.40. The molecular formula is C27H28F5N7O2. The van der Waals surface area contributed by atoms with Crippen molar-refractivity contribution in [1.29, 1.82) is 0 Å². The van der Waals surface area contributed by atoms with Crippen LogP contribution >= 0.6 is 0 Å². The van der Waals surface area contributed by atoms with Gasteiger partial charge in [-0.05, 0) is 49.7 Å². The average molecular weight is 578 g/mol. The van der Waals surface area contributed by atoms with Crippen LogP contribution in [0.1, 0.15) is 23.1 Å². The van der Waals surface area contributed by atoms with Gasteiger partial charge in [-0.25, -0.2) is 4.98 Å². The van der Waals surface area contributed by atoms with E-state index in [1.54, 1.807) is 31.2 Å². The molecule has 2 bridgehead atoms. The van der Waals surface area contributed by atoms with Gasteiger partial charge in [0.05, 0.1) is 5.69 Å². The number of halogens is 5. The Morgan fingerprint density at radius 3 is 2.59 bits per heavy atom. The Balaban J connectivity index is 1.44. The zero-order valence-electron chi connectivity index (χ0n) is 22.2. The molecule has 0 spiro atoms. The highest BCUT2D eigenvalue weighted by molar-refractivity contribution is 5.71. The molecule has 2 unspecified atom stereocenters. The Kier molecular flexibility index (Phi) is 7.84. The molecule has 3 aromatic rings. The number of benzene rings is 2. The van der Waals surface area contributed by atoms with Gasteiger partial charge in [-0.15, -0.1) is 0 Å². The highest BCUT2D eigenvalue weighted by Gasteiger charge is 2.41. The van der Waals surface area contributed by atoms with Gasteiger partial charge in [0.1, 0.15) is 11.4 Å². The Bertz CT molecular complexity index is 1420. The van der Waals surface area contributed by atoms with Crippen molar-refractivity contribution >= 4 is 35.2 Å². The summed E-state index contributed by atoms with van der Waals surface area (Å²) in [6.45, 7) is 0.372. The molecule has 3 heterocycles. The van der Waals surface area contributed by atoms with E-state index in [9.17, 15) is 26.7 Å². The molecule has 0 saturated carbocycles. The Hall–Kier alpha value is -4.20. The van der Waals surface area contributed by atoms with E-state index in [4.69, 9.17) is 4.74 Å². The van der Waals surface area contributed by atoms with E-state index in [0.717, 1.165) is 19.5 Å². The molecule has 14 heteroatoms. The number of piperazine rings is 1. The predicted octanol–water partition coefficient (Wildman–Crippen LogP) is 5.03. The van der Waals surface area contributed by atoms with Gasteiger partial charge in [0.15, 0.2) is 5.75 Å². The molecular weight excluding hydrogens is 549 g/mol. The molecule has 2 aliphatic heterocycles. The highest BCUT2D eigenvalue weighted by atomic mass is 19.4. The second kappa shape index (κ2) is 11.4. The lowest BCUT2D eigenvalue weighted by atomic mass is 10.1. The summed E-state index contributed by atoms with van der Waals surface area (Å²) in [4.78, 5) is 22.9. The molecule has 1 amide bonds. The number of likely N-dealkylation sites (tertiary alicyclic amines) is 1. The van der Waals surface area contributed by atoms with Crippen molar-refractivity contribution in [1.82, 2.24) is 20.2 Å². The van der Waals surface area contributed by atoms with Gasteiger partial charge in [-0.3, -0.25) is 9.69 Å². The fraction of sp³-hybridized carbons (Fsp3) is 0.370. The summed E-state index contributed by atoms with van der Waals surface area (Å²) < 4.78 is 73.0. The number of aromatic nitrogens is 2. The Morgan fingerprint density at radius 1 is 1.12 bits per heavy atom. The van der Waals surface area contributed by atoms with Crippen molar-refractivity contribution in [3.8, 4) is 5.75 Å². The van der Waals surface area contributed by atoms with Gasteiger partial charge in [0.2, 0.25) is 12.4 Å². The molecule has 5 rings (SSSR count). The lowest BCUT2D eigenvalue weighted by molar-refractivity contribution is -0.137. The number of fused-ring (bicyclic) bond motifs is 2. The fourth-order valence-electron chi connectivity index (χ4n) is 5.32. The third-order valence-corrected chi connectivity index (χ3v) is 7.44. The molecule has 9 nitrogen and oxygen atoms in total. The summed E-state index contributed by atoms with van der Waals surface area (Å²) in [5.74, 6) is -0.979. The first kappa shape index (κ1) is 28.3. The van der Waals surface area contributed by atoms with Crippen LogP contribution in [0.15, 0.2) is 42.6 Å². The number of hydrogen-bond acceptors (Lipinski definition) is 8. The predicted molar refractivity (Wildman–Crippen MR) is 143 cm³/mol. The van der Waals surface area contributed by atoms with E-state index in [-0.39, 0.29) is 30.0 Å². The first-order chi connectivity index (χ1) is 19.5. The van der Waals surface area contributed by atoms with Crippen LogP contribution in [0.25, 0.3) is 0 Å². The maximum atomic E-state index is 13.8. The molecule has 1 aromatic heterocycles. The van der Waals surface area contributed by atoms with Gasteiger partial charge >= 0.3 is 12.8 Å². The molecule has 2 saturated heterocycles. The fourth-order valence-corrected chi connectivity index (χ4v) is 5.32. The van der Waals surface area contributed by atoms with Crippen LogP contribution in [-0.2, 0) is 17.5 Å². The molecule has 41 heavy (non-hydrogen) atoms. The third kappa shape index (κ3) is 6.11. The van der Waals surface area contributed by atoms with Crippen LogP contribution in [0.5, 0.6) is 5.75 Å². The summed E-state index contributed by atoms with van der Waals surface area (Å²) in [5, 5.41) is 7.97. The summed E-state index contributed by atoms with van der Waals surface area (Å²) in [5.41, 5.74) is 1.29. The summed E-state index contributed by atoms with van der Waals surface area (Å²) in [6.07, 6.45) is -2.66. The summed E-state index contributed by atoms with van der Waals surface area (Å²) in [6, 6.07) is 10.3. The number of alkyl halides is 5. The number of rotatable bonds is 10. The quantitative estimate of drug-likeness (QED) is 0.228. The smallest absolute Gasteiger partial charge is 0.421 e. The van der Waals surface area contributed by atoms with Crippen molar-refractivity contribution in [2.75, 3.05) is 35.7 Å². The summed E-state index contributed by atoms with van der Waals surface area (Å²) in [7, 11) is 2.05.